The first-order chi connectivity index (χ1) is 12.1. The zero-order valence-electron chi connectivity index (χ0n) is 15.9. The van der Waals surface area contributed by atoms with Crippen molar-refractivity contribution in [3.8, 4) is 0 Å². The van der Waals surface area contributed by atoms with E-state index in [1.165, 1.54) is 19.5 Å². The molecule has 0 spiro atoms. The predicted octanol–water partition coefficient (Wildman–Crippen LogP) is 1.55. The Bertz CT molecular complexity index is 608. The first-order valence-electron chi connectivity index (χ1n) is 9.91. The molecule has 2 atom stereocenters. The van der Waals surface area contributed by atoms with Crippen molar-refractivity contribution in [2.24, 2.45) is 5.92 Å². The molecule has 2 saturated heterocycles. The van der Waals surface area contributed by atoms with Gasteiger partial charge >= 0.3 is 0 Å². The minimum Gasteiger partial charge on any atom is -0.352 e. The summed E-state index contributed by atoms with van der Waals surface area (Å²) in [7, 11) is 0. The zero-order chi connectivity index (χ0) is 17.8. The average molecular weight is 348 g/mol. The number of aromatic nitrogens is 2. The molecule has 3 rings (SSSR count). The lowest BCUT2D eigenvalue weighted by Gasteiger charge is -2.41. The van der Waals surface area contributed by atoms with Crippen LogP contribution in [0.4, 0.5) is 5.82 Å². The highest BCUT2D eigenvalue weighted by Gasteiger charge is 2.29. The molecule has 0 aromatic carbocycles. The third kappa shape index (κ3) is 4.23. The van der Waals surface area contributed by atoms with Crippen LogP contribution in [0, 0.1) is 5.92 Å². The average Bonchev–Trinajstić information content (AvgIpc) is 2.64. The summed E-state index contributed by atoms with van der Waals surface area (Å²) in [5.74, 6) is 1.33. The molecule has 2 fully saturated rings. The summed E-state index contributed by atoms with van der Waals surface area (Å²) in [6.45, 7) is 12.7. The lowest BCUT2D eigenvalue weighted by molar-refractivity contribution is 0.142. The number of anilines is 1. The molecule has 0 bridgehead atoms. The van der Waals surface area contributed by atoms with Crippen LogP contribution in [0.3, 0.4) is 0 Å². The van der Waals surface area contributed by atoms with E-state index in [9.17, 15) is 4.79 Å². The van der Waals surface area contributed by atoms with Crippen molar-refractivity contribution in [1.82, 2.24) is 19.8 Å². The van der Waals surface area contributed by atoms with Gasteiger partial charge in [-0.1, -0.05) is 13.8 Å². The first kappa shape index (κ1) is 18.4. The van der Waals surface area contributed by atoms with Gasteiger partial charge in [0.2, 0.25) is 0 Å². The number of piperidine rings is 2. The van der Waals surface area contributed by atoms with Gasteiger partial charge in [-0.15, -0.1) is 0 Å². The van der Waals surface area contributed by atoms with Crippen molar-refractivity contribution in [3.05, 3.63) is 22.7 Å². The molecular weight excluding hydrogens is 314 g/mol. The van der Waals surface area contributed by atoms with Crippen molar-refractivity contribution in [2.45, 2.75) is 58.7 Å². The number of aryl methyl sites for hydroxylation is 1. The maximum Gasteiger partial charge on any atom is 0.293 e. The van der Waals surface area contributed by atoms with Gasteiger partial charge in [-0.2, -0.15) is 0 Å². The monoisotopic (exact) mass is 347 g/mol. The summed E-state index contributed by atoms with van der Waals surface area (Å²) in [6, 6.07) is 1.19. The third-order valence-corrected chi connectivity index (χ3v) is 5.92. The Morgan fingerprint density at radius 2 is 1.92 bits per heavy atom. The molecule has 140 valence electrons. The van der Waals surface area contributed by atoms with Gasteiger partial charge in [0.15, 0.2) is 5.82 Å². The summed E-state index contributed by atoms with van der Waals surface area (Å²) < 4.78 is 1.73. The van der Waals surface area contributed by atoms with Gasteiger partial charge in [-0.25, -0.2) is 4.98 Å². The molecule has 0 amide bonds. The fourth-order valence-electron chi connectivity index (χ4n) is 4.23. The summed E-state index contributed by atoms with van der Waals surface area (Å²) >= 11 is 0. The molecule has 2 unspecified atom stereocenters. The Labute approximate surface area is 151 Å². The Kier molecular flexibility index (Phi) is 6.12. The van der Waals surface area contributed by atoms with Gasteiger partial charge in [0.1, 0.15) is 0 Å². The molecule has 0 aliphatic carbocycles. The summed E-state index contributed by atoms with van der Waals surface area (Å²) in [6.07, 6.45) is 6.93. The van der Waals surface area contributed by atoms with Gasteiger partial charge < -0.3 is 19.7 Å². The summed E-state index contributed by atoms with van der Waals surface area (Å²) in [5, 5.41) is 3.90. The maximum absolute atomic E-state index is 12.4. The largest absolute Gasteiger partial charge is 0.352 e. The molecule has 1 aromatic rings. The van der Waals surface area contributed by atoms with Gasteiger partial charge in [0.25, 0.3) is 5.56 Å². The van der Waals surface area contributed by atoms with E-state index in [2.05, 4.69) is 33.9 Å². The molecule has 3 heterocycles. The number of nitrogens with one attached hydrogen (secondary N) is 1. The fraction of sp³-hybridized carbons (Fsp3) is 0.789. The standard InChI is InChI=1S/C19H33N5O/c1-4-22-10-8-17(15(3)14-22)21-16-6-11-24(12-7-16)18-19(25)23(5-2)13-9-20-18/h9,13,15-17,21H,4-8,10-12,14H2,1-3H3. The van der Waals surface area contributed by atoms with E-state index in [4.69, 9.17) is 0 Å². The van der Waals surface area contributed by atoms with E-state index >= 15 is 0 Å². The van der Waals surface area contributed by atoms with E-state index in [1.807, 2.05) is 6.92 Å². The van der Waals surface area contributed by atoms with Crippen LogP contribution in [0.1, 0.15) is 40.0 Å². The predicted molar refractivity (Wildman–Crippen MR) is 102 cm³/mol. The van der Waals surface area contributed by atoms with Gasteiger partial charge in [-0.05, 0) is 45.2 Å². The van der Waals surface area contributed by atoms with Crippen LogP contribution in [0.15, 0.2) is 17.2 Å². The van der Waals surface area contributed by atoms with Crippen LogP contribution in [0.2, 0.25) is 0 Å². The van der Waals surface area contributed by atoms with Gasteiger partial charge in [0, 0.05) is 50.7 Å². The molecule has 0 saturated carbocycles. The highest BCUT2D eigenvalue weighted by molar-refractivity contribution is 5.36. The summed E-state index contributed by atoms with van der Waals surface area (Å²) in [5.41, 5.74) is 0.0389. The minimum absolute atomic E-state index is 0.0389. The number of hydrogen-bond acceptors (Lipinski definition) is 5. The van der Waals surface area contributed by atoms with E-state index < -0.39 is 0 Å². The number of rotatable bonds is 5. The van der Waals surface area contributed by atoms with E-state index in [0.29, 0.717) is 30.4 Å². The number of nitrogens with zero attached hydrogens (tertiary/aromatic N) is 4. The lowest BCUT2D eigenvalue weighted by atomic mass is 9.92. The second-order valence-corrected chi connectivity index (χ2v) is 7.54. The Balaban J connectivity index is 1.53. The molecule has 25 heavy (non-hydrogen) atoms. The van der Waals surface area contributed by atoms with Crippen LogP contribution >= 0.6 is 0 Å². The zero-order valence-corrected chi connectivity index (χ0v) is 15.9. The quantitative estimate of drug-likeness (QED) is 0.876. The molecule has 2 aliphatic rings. The lowest BCUT2D eigenvalue weighted by Crippen LogP contribution is -2.53. The molecular formula is C19H33N5O. The van der Waals surface area contributed by atoms with Crippen LogP contribution in [-0.4, -0.2) is 59.3 Å². The normalized spacial score (nSPS) is 26.1. The first-order valence-corrected chi connectivity index (χ1v) is 9.91. The topological polar surface area (TPSA) is 53.4 Å². The molecule has 6 nitrogen and oxygen atoms in total. The van der Waals surface area contributed by atoms with Crippen LogP contribution in [-0.2, 0) is 6.54 Å². The van der Waals surface area contributed by atoms with E-state index in [-0.39, 0.29) is 5.56 Å². The van der Waals surface area contributed by atoms with Crippen molar-refractivity contribution in [1.29, 1.82) is 0 Å². The highest BCUT2D eigenvalue weighted by atomic mass is 16.1. The minimum atomic E-state index is 0.0389. The van der Waals surface area contributed by atoms with Crippen molar-refractivity contribution < 1.29 is 0 Å². The Morgan fingerprint density at radius 3 is 2.56 bits per heavy atom. The molecule has 2 aliphatic heterocycles. The van der Waals surface area contributed by atoms with Crippen molar-refractivity contribution in [2.75, 3.05) is 37.6 Å². The van der Waals surface area contributed by atoms with Gasteiger partial charge in [-0.3, -0.25) is 4.79 Å². The Morgan fingerprint density at radius 1 is 1.16 bits per heavy atom. The van der Waals surface area contributed by atoms with Crippen LogP contribution in [0.25, 0.3) is 0 Å². The molecule has 1 aromatic heterocycles. The highest BCUT2D eigenvalue weighted by Crippen LogP contribution is 2.20. The van der Waals surface area contributed by atoms with Crippen molar-refractivity contribution >= 4 is 5.82 Å². The maximum atomic E-state index is 12.4. The third-order valence-electron chi connectivity index (χ3n) is 5.92. The second-order valence-electron chi connectivity index (χ2n) is 7.54. The van der Waals surface area contributed by atoms with E-state index in [0.717, 1.165) is 32.5 Å². The Hall–Kier alpha value is -1.40. The number of hydrogen-bond donors (Lipinski definition) is 1. The SMILES string of the molecule is CCN1CCC(NC2CCN(c3nccn(CC)c3=O)CC2)C(C)C1. The summed E-state index contributed by atoms with van der Waals surface area (Å²) in [4.78, 5) is 21.5. The molecule has 6 heteroatoms. The fourth-order valence-corrected chi connectivity index (χ4v) is 4.23. The molecule has 1 N–H and O–H groups in total. The molecule has 0 radical (unpaired) electrons. The number of likely N-dealkylation sites (tertiary alicyclic amines) is 1. The van der Waals surface area contributed by atoms with Crippen LogP contribution in [0.5, 0.6) is 0 Å². The van der Waals surface area contributed by atoms with E-state index in [1.54, 1.807) is 17.0 Å². The smallest absolute Gasteiger partial charge is 0.293 e. The second kappa shape index (κ2) is 8.32. The van der Waals surface area contributed by atoms with Crippen LogP contribution < -0.4 is 15.8 Å². The van der Waals surface area contributed by atoms with Gasteiger partial charge in [0.05, 0.1) is 0 Å². The van der Waals surface area contributed by atoms with Crippen molar-refractivity contribution in [3.63, 3.8) is 0 Å².